The van der Waals surface area contributed by atoms with E-state index in [1.54, 1.807) is 12.0 Å². The normalized spacial score (nSPS) is 14.8. The number of rotatable bonds is 7. The number of benzene rings is 3. The zero-order valence-electron chi connectivity index (χ0n) is 17.9. The highest BCUT2D eigenvalue weighted by molar-refractivity contribution is 8.26. The van der Waals surface area contributed by atoms with E-state index in [-0.39, 0.29) is 5.91 Å². The molecule has 3 aromatic carbocycles. The molecule has 6 heteroatoms. The lowest BCUT2D eigenvalue weighted by molar-refractivity contribution is -0.122. The van der Waals surface area contributed by atoms with Gasteiger partial charge < -0.3 is 9.47 Å². The topological polar surface area (TPSA) is 38.8 Å². The fourth-order valence-electron chi connectivity index (χ4n) is 3.29. The Labute approximate surface area is 197 Å². The van der Waals surface area contributed by atoms with Crippen LogP contribution >= 0.6 is 24.0 Å². The summed E-state index contributed by atoms with van der Waals surface area (Å²) in [6.45, 7) is 2.96. The number of thiocarbonyl (C=S) groups is 1. The van der Waals surface area contributed by atoms with Gasteiger partial charge in [-0.1, -0.05) is 90.2 Å². The van der Waals surface area contributed by atoms with Crippen LogP contribution in [0.5, 0.6) is 11.5 Å². The molecule has 162 valence electrons. The van der Waals surface area contributed by atoms with E-state index in [1.807, 2.05) is 85.8 Å². The molecule has 0 aromatic heterocycles. The van der Waals surface area contributed by atoms with Crippen LogP contribution in [0, 0.1) is 6.92 Å². The molecule has 0 spiro atoms. The molecule has 0 atom stereocenters. The Morgan fingerprint density at radius 2 is 1.72 bits per heavy atom. The van der Waals surface area contributed by atoms with Crippen LogP contribution in [0.15, 0.2) is 77.7 Å². The van der Waals surface area contributed by atoms with Gasteiger partial charge in [-0.2, -0.15) is 0 Å². The molecule has 1 heterocycles. The number of hydrogen-bond acceptors (Lipinski definition) is 5. The van der Waals surface area contributed by atoms with Crippen molar-refractivity contribution in [1.29, 1.82) is 0 Å². The molecule has 0 aliphatic carbocycles. The Kier molecular flexibility index (Phi) is 6.93. The number of amides is 1. The Balaban J connectivity index is 1.48. The Morgan fingerprint density at radius 1 is 0.969 bits per heavy atom. The van der Waals surface area contributed by atoms with Crippen LogP contribution in [0.4, 0.5) is 0 Å². The van der Waals surface area contributed by atoms with Crippen molar-refractivity contribution in [2.75, 3.05) is 7.11 Å². The second-order valence-corrected chi connectivity index (χ2v) is 9.11. The van der Waals surface area contributed by atoms with E-state index < -0.39 is 0 Å². The van der Waals surface area contributed by atoms with Crippen LogP contribution in [0.25, 0.3) is 6.08 Å². The lowest BCUT2D eigenvalue weighted by Gasteiger charge is -2.14. The predicted molar refractivity (Wildman–Crippen MR) is 134 cm³/mol. The van der Waals surface area contributed by atoms with Gasteiger partial charge in [0.2, 0.25) is 0 Å². The van der Waals surface area contributed by atoms with Gasteiger partial charge in [0.05, 0.1) is 18.6 Å². The van der Waals surface area contributed by atoms with E-state index in [2.05, 4.69) is 0 Å². The molecule has 32 heavy (non-hydrogen) atoms. The molecule has 3 aromatic rings. The maximum atomic E-state index is 13.0. The van der Waals surface area contributed by atoms with Gasteiger partial charge in [-0.25, -0.2) is 0 Å². The van der Waals surface area contributed by atoms with Crippen molar-refractivity contribution >= 4 is 40.3 Å². The zero-order chi connectivity index (χ0) is 22.5. The molecule has 0 bridgehead atoms. The minimum absolute atomic E-state index is 0.0797. The molecular weight excluding hydrogens is 438 g/mol. The van der Waals surface area contributed by atoms with Gasteiger partial charge >= 0.3 is 0 Å². The minimum Gasteiger partial charge on any atom is -0.493 e. The number of carbonyl (C=O) groups is 1. The van der Waals surface area contributed by atoms with Gasteiger partial charge in [-0.3, -0.25) is 9.69 Å². The Bertz CT molecular complexity index is 1160. The molecule has 0 saturated carbocycles. The number of hydrogen-bond donors (Lipinski definition) is 0. The average molecular weight is 462 g/mol. The summed E-state index contributed by atoms with van der Waals surface area (Å²) < 4.78 is 12.0. The predicted octanol–water partition coefficient (Wildman–Crippen LogP) is 5.98. The molecular formula is C26H23NO3S2. The van der Waals surface area contributed by atoms with Gasteiger partial charge in [-0.05, 0) is 41.8 Å². The lowest BCUT2D eigenvalue weighted by atomic mass is 10.1. The second-order valence-electron chi connectivity index (χ2n) is 7.44. The van der Waals surface area contributed by atoms with Crippen LogP contribution in [-0.4, -0.2) is 22.2 Å². The van der Waals surface area contributed by atoms with Crippen LogP contribution in [0.1, 0.15) is 22.3 Å². The number of aryl methyl sites for hydroxylation is 1. The van der Waals surface area contributed by atoms with E-state index in [0.717, 1.165) is 16.7 Å². The molecule has 4 rings (SSSR count). The third kappa shape index (κ3) is 5.21. The summed E-state index contributed by atoms with van der Waals surface area (Å²) in [4.78, 5) is 15.2. The average Bonchev–Trinajstić information content (AvgIpc) is 3.07. The molecule has 1 aliphatic heterocycles. The third-order valence-electron chi connectivity index (χ3n) is 5.06. The SMILES string of the molecule is COc1cc(/C=C2\SC(=S)N(Cc3ccc(C)cc3)C2=O)ccc1OCc1ccccc1. The van der Waals surface area contributed by atoms with Gasteiger partial charge in [0.25, 0.3) is 5.91 Å². The van der Waals surface area contributed by atoms with Crippen molar-refractivity contribution in [2.45, 2.75) is 20.1 Å². The van der Waals surface area contributed by atoms with E-state index >= 15 is 0 Å². The summed E-state index contributed by atoms with van der Waals surface area (Å²) in [5.74, 6) is 1.19. The van der Waals surface area contributed by atoms with Gasteiger partial charge in [0, 0.05) is 0 Å². The molecule has 0 N–H and O–H groups in total. The largest absolute Gasteiger partial charge is 0.493 e. The third-order valence-corrected chi connectivity index (χ3v) is 6.44. The number of methoxy groups -OCH3 is 1. The van der Waals surface area contributed by atoms with E-state index in [0.29, 0.717) is 33.9 Å². The first-order valence-corrected chi connectivity index (χ1v) is 11.4. The standard InChI is InChI=1S/C26H23NO3S2/c1-18-8-10-19(11-9-18)16-27-25(28)24(32-26(27)31)15-21-12-13-22(23(14-21)29-2)30-17-20-6-4-3-5-7-20/h3-15H,16-17H2,1-2H3/b24-15-. The van der Waals surface area contributed by atoms with Crippen molar-refractivity contribution in [3.63, 3.8) is 0 Å². The fourth-order valence-corrected chi connectivity index (χ4v) is 4.55. The smallest absolute Gasteiger partial charge is 0.266 e. The quantitative estimate of drug-likeness (QED) is 0.319. The monoisotopic (exact) mass is 461 g/mol. The zero-order valence-corrected chi connectivity index (χ0v) is 19.5. The van der Waals surface area contributed by atoms with Gasteiger partial charge in [0.1, 0.15) is 10.9 Å². The summed E-state index contributed by atoms with van der Waals surface area (Å²) in [5, 5.41) is 0. The first kappa shape index (κ1) is 22.1. The highest BCUT2D eigenvalue weighted by Gasteiger charge is 2.32. The van der Waals surface area contributed by atoms with Crippen molar-refractivity contribution in [3.05, 3.63) is 100.0 Å². The molecule has 4 nitrogen and oxygen atoms in total. The van der Waals surface area contributed by atoms with Crippen LogP contribution in [0.3, 0.4) is 0 Å². The maximum Gasteiger partial charge on any atom is 0.266 e. The number of carbonyl (C=O) groups excluding carboxylic acids is 1. The maximum absolute atomic E-state index is 13.0. The number of thioether (sulfide) groups is 1. The molecule has 1 saturated heterocycles. The highest BCUT2D eigenvalue weighted by atomic mass is 32.2. The summed E-state index contributed by atoms with van der Waals surface area (Å²) in [5.41, 5.74) is 4.17. The number of nitrogens with zero attached hydrogens (tertiary/aromatic N) is 1. The molecule has 1 amide bonds. The van der Waals surface area contributed by atoms with Crippen LogP contribution in [-0.2, 0) is 17.9 Å². The summed E-state index contributed by atoms with van der Waals surface area (Å²) in [7, 11) is 1.61. The molecule has 0 unspecified atom stereocenters. The molecule has 0 radical (unpaired) electrons. The van der Waals surface area contributed by atoms with Crippen molar-refractivity contribution in [1.82, 2.24) is 4.90 Å². The van der Waals surface area contributed by atoms with E-state index in [1.165, 1.54) is 17.3 Å². The van der Waals surface area contributed by atoms with Crippen LogP contribution in [0.2, 0.25) is 0 Å². The number of ether oxygens (including phenoxy) is 2. The van der Waals surface area contributed by atoms with Gasteiger partial charge in [-0.15, -0.1) is 0 Å². The fraction of sp³-hybridized carbons (Fsp3) is 0.154. The van der Waals surface area contributed by atoms with E-state index in [9.17, 15) is 4.79 Å². The summed E-state index contributed by atoms with van der Waals surface area (Å²) in [6, 6.07) is 23.7. The summed E-state index contributed by atoms with van der Waals surface area (Å²) in [6.07, 6.45) is 1.85. The minimum atomic E-state index is -0.0797. The van der Waals surface area contributed by atoms with Crippen molar-refractivity contribution < 1.29 is 14.3 Å². The van der Waals surface area contributed by atoms with Crippen molar-refractivity contribution in [3.8, 4) is 11.5 Å². The molecule has 1 fully saturated rings. The lowest BCUT2D eigenvalue weighted by Crippen LogP contribution is -2.27. The molecule has 1 aliphatic rings. The van der Waals surface area contributed by atoms with Crippen molar-refractivity contribution in [2.24, 2.45) is 0 Å². The Hall–Kier alpha value is -3.09. The van der Waals surface area contributed by atoms with Gasteiger partial charge in [0.15, 0.2) is 11.5 Å². The van der Waals surface area contributed by atoms with E-state index in [4.69, 9.17) is 21.7 Å². The Morgan fingerprint density at radius 3 is 2.44 bits per heavy atom. The highest BCUT2D eigenvalue weighted by Crippen LogP contribution is 2.35. The first-order valence-electron chi connectivity index (χ1n) is 10.2. The first-order chi connectivity index (χ1) is 15.5. The second kappa shape index (κ2) is 10.0. The summed E-state index contributed by atoms with van der Waals surface area (Å²) >= 11 is 6.79. The van der Waals surface area contributed by atoms with Crippen LogP contribution < -0.4 is 9.47 Å².